The van der Waals surface area contributed by atoms with Crippen LogP contribution in [0.25, 0.3) is 0 Å². The van der Waals surface area contributed by atoms with Crippen LogP contribution in [0.5, 0.6) is 0 Å². The van der Waals surface area contributed by atoms with Crippen molar-refractivity contribution in [1.82, 2.24) is 0 Å². The Hall–Kier alpha value is -1.64. The van der Waals surface area contributed by atoms with E-state index in [0.717, 1.165) is 5.56 Å². The van der Waals surface area contributed by atoms with Crippen molar-refractivity contribution in [2.45, 2.75) is 0 Å². The average molecular weight is 147 g/mol. The number of hydrogen-bond donors (Lipinski definition) is 3. The van der Waals surface area contributed by atoms with Gasteiger partial charge in [-0.1, -0.05) is 18.2 Å². The summed E-state index contributed by atoms with van der Waals surface area (Å²) in [6.07, 6.45) is 1.23. The highest BCUT2D eigenvalue weighted by atomic mass is 14.7. The van der Waals surface area contributed by atoms with Gasteiger partial charge in [0.05, 0.1) is 0 Å². The lowest BCUT2D eigenvalue weighted by molar-refractivity contribution is 1.42. The molecule has 0 saturated carbocycles. The van der Waals surface area contributed by atoms with Gasteiger partial charge in [0.1, 0.15) is 5.84 Å². The summed E-state index contributed by atoms with van der Waals surface area (Å²) in [6, 6.07) is 7.02. The van der Waals surface area contributed by atoms with Crippen molar-refractivity contribution in [3.63, 3.8) is 0 Å². The predicted molar refractivity (Wildman–Crippen MR) is 45.3 cm³/mol. The van der Waals surface area contributed by atoms with Gasteiger partial charge in [0, 0.05) is 11.8 Å². The highest BCUT2D eigenvalue weighted by Gasteiger charge is 1.94. The number of rotatable bonds is 2. The van der Waals surface area contributed by atoms with Gasteiger partial charge in [-0.05, 0) is 11.6 Å². The van der Waals surface area contributed by atoms with Crippen LogP contribution in [0.1, 0.15) is 11.1 Å². The normalized spacial score (nSPS) is 9.09. The van der Waals surface area contributed by atoms with Crippen LogP contribution in [-0.2, 0) is 0 Å². The fraction of sp³-hybridized carbons (Fsp3) is 0. The first kappa shape index (κ1) is 7.47. The van der Waals surface area contributed by atoms with E-state index in [1.54, 1.807) is 24.3 Å². The fourth-order valence-corrected chi connectivity index (χ4v) is 0.796. The number of nitrogen functional groups attached to an aromatic ring is 1. The van der Waals surface area contributed by atoms with Gasteiger partial charge in [-0.3, -0.25) is 5.41 Å². The number of benzene rings is 1. The van der Waals surface area contributed by atoms with E-state index in [2.05, 4.69) is 0 Å². The molecule has 0 unspecified atom stereocenters. The molecule has 3 nitrogen and oxygen atoms in total. The van der Waals surface area contributed by atoms with E-state index in [4.69, 9.17) is 16.6 Å². The molecule has 11 heavy (non-hydrogen) atoms. The first-order chi connectivity index (χ1) is 5.24. The molecule has 4 N–H and O–H groups in total. The number of nitrogens with two attached hydrogens (primary N) is 1. The number of hydrogen-bond acceptors (Lipinski definition) is 2. The lowest BCUT2D eigenvalue weighted by Gasteiger charge is -1.97. The summed E-state index contributed by atoms with van der Waals surface area (Å²) >= 11 is 0. The molecule has 0 saturated heterocycles. The van der Waals surface area contributed by atoms with Crippen LogP contribution in [0, 0.1) is 10.8 Å². The molecule has 0 aliphatic rings. The highest BCUT2D eigenvalue weighted by molar-refractivity contribution is 5.96. The van der Waals surface area contributed by atoms with Crippen molar-refractivity contribution in [2.75, 3.05) is 0 Å². The molecule has 0 amide bonds. The van der Waals surface area contributed by atoms with E-state index in [1.807, 2.05) is 0 Å². The lowest BCUT2D eigenvalue weighted by Crippen LogP contribution is -2.10. The fourth-order valence-electron chi connectivity index (χ4n) is 0.796. The molecule has 0 aliphatic heterocycles. The molecule has 1 aromatic carbocycles. The molecule has 0 heterocycles. The summed E-state index contributed by atoms with van der Waals surface area (Å²) in [6.45, 7) is 0. The van der Waals surface area contributed by atoms with Gasteiger partial charge in [-0.25, -0.2) is 0 Å². The van der Waals surface area contributed by atoms with Crippen LogP contribution in [0.4, 0.5) is 0 Å². The summed E-state index contributed by atoms with van der Waals surface area (Å²) in [5.41, 5.74) is 6.67. The van der Waals surface area contributed by atoms with Crippen molar-refractivity contribution >= 4 is 12.1 Å². The Morgan fingerprint density at radius 2 is 2.18 bits per heavy atom. The van der Waals surface area contributed by atoms with E-state index in [9.17, 15) is 0 Å². The first-order valence-electron chi connectivity index (χ1n) is 3.19. The maximum absolute atomic E-state index is 7.11. The zero-order chi connectivity index (χ0) is 8.27. The van der Waals surface area contributed by atoms with E-state index < -0.39 is 0 Å². The van der Waals surface area contributed by atoms with Gasteiger partial charge >= 0.3 is 0 Å². The smallest absolute Gasteiger partial charge is 0.122 e. The standard InChI is InChI=1S/C8H9N3/c9-5-6-2-1-3-7(4-6)8(10)11/h1-5,9H,(H3,10,11). The Morgan fingerprint density at radius 3 is 2.73 bits per heavy atom. The Labute approximate surface area is 64.9 Å². The van der Waals surface area contributed by atoms with E-state index in [0.29, 0.717) is 5.56 Å². The van der Waals surface area contributed by atoms with Crippen molar-refractivity contribution in [2.24, 2.45) is 5.73 Å². The summed E-state index contributed by atoms with van der Waals surface area (Å²) in [4.78, 5) is 0. The maximum atomic E-state index is 7.11. The highest BCUT2D eigenvalue weighted by Crippen LogP contribution is 2.01. The Morgan fingerprint density at radius 1 is 1.45 bits per heavy atom. The zero-order valence-corrected chi connectivity index (χ0v) is 5.96. The zero-order valence-electron chi connectivity index (χ0n) is 5.96. The maximum Gasteiger partial charge on any atom is 0.122 e. The summed E-state index contributed by atoms with van der Waals surface area (Å²) in [7, 11) is 0. The van der Waals surface area contributed by atoms with Crippen LogP contribution in [-0.4, -0.2) is 12.1 Å². The largest absolute Gasteiger partial charge is 0.384 e. The molecule has 3 heteroatoms. The molecule has 56 valence electrons. The summed E-state index contributed by atoms with van der Waals surface area (Å²) in [5, 5.41) is 14.1. The molecular weight excluding hydrogens is 138 g/mol. The molecule has 0 radical (unpaired) electrons. The van der Waals surface area contributed by atoms with Crippen molar-refractivity contribution in [3.05, 3.63) is 35.4 Å². The SMILES string of the molecule is N=Cc1cccc(C(=N)N)c1. The van der Waals surface area contributed by atoms with Gasteiger partial charge in [0.25, 0.3) is 0 Å². The second-order valence-electron chi connectivity index (χ2n) is 2.18. The number of amidine groups is 1. The third-order valence-corrected chi connectivity index (χ3v) is 1.36. The Bertz CT molecular complexity index is 291. The van der Waals surface area contributed by atoms with Gasteiger partial charge in [0.2, 0.25) is 0 Å². The lowest BCUT2D eigenvalue weighted by atomic mass is 10.1. The summed E-state index contributed by atoms with van der Waals surface area (Å²) < 4.78 is 0. The van der Waals surface area contributed by atoms with Crippen molar-refractivity contribution < 1.29 is 0 Å². The third-order valence-electron chi connectivity index (χ3n) is 1.36. The Kier molecular flexibility index (Phi) is 2.01. The van der Waals surface area contributed by atoms with Crippen LogP contribution < -0.4 is 5.73 Å². The van der Waals surface area contributed by atoms with Crippen LogP contribution >= 0.6 is 0 Å². The Balaban J connectivity index is 3.10. The minimum atomic E-state index is 0.0358. The van der Waals surface area contributed by atoms with Gasteiger partial charge in [-0.2, -0.15) is 0 Å². The molecule has 0 fully saturated rings. The molecule has 0 atom stereocenters. The van der Waals surface area contributed by atoms with E-state index >= 15 is 0 Å². The van der Waals surface area contributed by atoms with Gasteiger partial charge in [-0.15, -0.1) is 0 Å². The van der Waals surface area contributed by atoms with Crippen LogP contribution in [0.15, 0.2) is 24.3 Å². The molecule has 0 spiro atoms. The quantitative estimate of drug-likeness (QED) is 0.423. The van der Waals surface area contributed by atoms with Gasteiger partial charge < -0.3 is 11.1 Å². The monoisotopic (exact) mass is 147 g/mol. The minimum absolute atomic E-state index is 0.0358. The minimum Gasteiger partial charge on any atom is -0.384 e. The average Bonchev–Trinajstić information content (AvgIpc) is 2.05. The molecule has 0 aromatic heterocycles. The number of nitrogens with one attached hydrogen (secondary N) is 2. The first-order valence-corrected chi connectivity index (χ1v) is 3.19. The molecular formula is C8H9N3. The molecule has 0 bridgehead atoms. The van der Waals surface area contributed by atoms with Crippen LogP contribution in [0.3, 0.4) is 0 Å². The van der Waals surface area contributed by atoms with Crippen LogP contribution in [0.2, 0.25) is 0 Å². The van der Waals surface area contributed by atoms with Crippen molar-refractivity contribution in [3.8, 4) is 0 Å². The molecule has 0 aliphatic carbocycles. The second-order valence-corrected chi connectivity index (χ2v) is 2.18. The second kappa shape index (κ2) is 2.96. The molecule has 1 rings (SSSR count). The van der Waals surface area contributed by atoms with E-state index in [1.165, 1.54) is 6.21 Å². The topological polar surface area (TPSA) is 73.7 Å². The van der Waals surface area contributed by atoms with Gasteiger partial charge in [0.15, 0.2) is 0 Å². The van der Waals surface area contributed by atoms with Crippen molar-refractivity contribution in [1.29, 1.82) is 10.8 Å². The summed E-state index contributed by atoms with van der Waals surface area (Å²) in [5.74, 6) is 0.0358. The van der Waals surface area contributed by atoms with E-state index in [-0.39, 0.29) is 5.84 Å². The molecule has 1 aromatic rings. The predicted octanol–water partition coefficient (Wildman–Crippen LogP) is 0.968. The third kappa shape index (κ3) is 1.64.